The number of carbonyl (C=O) groups is 2. The average Bonchev–Trinajstić information content (AvgIpc) is 3.10. The third-order valence-electron chi connectivity index (χ3n) is 4.91. The molecule has 4 rings (SSSR count). The minimum atomic E-state index is 0.119. The third kappa shape index (κ3) is 3.61. The summed E-state index contributed by atoms with van der Waals surface area (Å²) in [6.07, 6.45) is 2.88. The maximum Gasteiger partial charge on any atom is 0.227 e. The lowest BCUT2D eigenvalue weighted by Gasteiger charge is -2.26. The number of ether oxygens (including phenoxy) is 1. The molecule has 3 aromatic rings. The predicted octanol–water partition coefficient (Wildman–Crippen LogP) is 3.70. The molecule has 1 amide bonds. The summed E-state index contributed by atoms with van der Waals surface area (Å²) in [7, 11) is 0. The Bertz CT molecular complexity index is 989. The second-order valence-electron chi connectivity index (χ2n) is 6.61. The number of amides is 1. The number of H-pyrrole nitrogens is 1. The number of nitrogens with zero attached hydrogens (tertiary/aromatic N) is 1. The molecular weight excluding hydrogens is 364 g/mol. The van der Waals surface area contributed by atoms with Gasteiger partial charge in [-0.05, 0) is 23.3 Å². The van der Waals surface area contributed by atoms with Crippen LogP contribution in [0.25, 0.3) is 22.0 Å². The summed E-state index contributed by atoms with van der Waals surface area (Å²) in [4.78, 5) is 28.5. The highest BCUT2D eigenvalue weighted by Gasteiger charge is 2.17. The van der Waals surface area contributed by atoms with E-state index in [4.69, 9.17) is 16.3 Å². The van der Waals surface area contributed by atoms with Gasteiger partial charge < -0.3 is 14.6 Å². The number of aromatic nitrogens is 1. The van der Waals surface area contributed by atoms with Crippen LogP contribution in [0, 0.1) is 0 Å². The van der Waals surface area contributed by atoms with E-state index in [1.807, 2.05) is 41.3 Å². The monoisotopic (exact) mass is 382 g/mol. The van der Waals surface area contributed by atoms with E-state index in [2.05, 4.69) is 4.98 Å². The Morgan fingerprint density at radius 3 is 2.63 bits per heavy atom. The first-order valence-corrected chi connectivity index (χ1v) is 9.24. The zero-order valence-corrected chi connectivity index (χ0v) is 15.5. The molecule has 1 aliphatic rings. The van der Waals surface area contributed by atoms with Gasteiger partial charge in [0.25, 0.3) is 0 Å². The highest BCUT2D eigenvalue weighted by atomic mass is 35.5. The van der Waals surface area contributed by atoms with Gasteiger partial charge in [-0.2, -0.15) is 0 Å². The van der Waals surface area contributed by atoms with Crippen LogP contribution in [0.3, 0.4) is 0 Å². The number of morpholine rings is 1. The summed E-state index contributed by atoms with van der Waals surface area (Å²) in [5.74, 6) is 0.119. The van der Waals surface area contributed by atoms with Gasteiger partial charge in [0, 0.05) is 41.3 Å². The van der Waals surface area contributed by atoms with Gasteiger partial charge in [-0.1, -0.05) is 35.9 Å². The van der Waals surface area contributed by atoms with E-state index in [1.54, 1.807) is 6.20 Å². The Labute approximate surface area is 161 Å². The smallest absolute Gasteiger partial charge is 0.227 e. The number of aldehydes is 1. The number of hydrogen-bond acceptors (Lipinski definition) is 3. The van der Waals surface area contributed by atoms with Crippen LogP contribution in [-0.4, -0.2) is 48.4 Å². The summed E-state index contributed by atoms with van der Waals surface area (Å²) >= 11 is 6.43. The molecular formula is C21H19ClN2O3. The van der Waals surface area contributed by atoms with Crippen molar-refractivity contribution in [2.45, 2.75) is 6.42 Å². The highest BCUT2D eigenvalue weighted by Crippen LogP contribution is 2.33. The maximum atomic E-state index is 12.4. The van der Waals surface area contributed by atoms with Gasteiger partial charge in [0.2, 0.25) is 5.91 Å². The van der Waals surface area contributed by atoms with E-state index in [0.717, 1.165) is 33.9 Å². The molecule has 0 aliphatic carbocycles. The molecule has 0 bridgehead atoms. The number of fused-ring (bicyclic) bond motifs is 1. The van der Waals surface area contributed by atoms with Crippen molar-refractivity contribution < 1.29 is 14.3 Å². The molecule has 0 saturated carbocycles. The Kier molecular flexibility index (Phi) is 4.97. The summed E-state index contributed by atoms with van der Waals surface area (Å²) in [6, 6.07) is 11.6. The standard InChI is InChI=1S/C21H19ClN2O3/c22-19-11-20-18(16(13-25)12-23-20)10-17(19)15-3-1-14(2-4-15)9-21(26)24-5-7-27-8-6-24/h1-4,10-13,23H,5-9H2. The van der Waals surface area contributed by atoms with Crippen molar-refractivity contribution in [1.82, 2.24) is 9.88 Å². The van der Waals surface area contributed by atoms with Crippen LogP contribution in [0.4, 0.5) is 0 Å². The Hall–Kier alpha value is -2.63. The van der Waals surface area contributed by atoms with Gasteiger partial charge in [0.05, 0.1) is 24.7 Å². The summed E-state index contributed by atoms with van der Waals surface area (Å²) < 4.78 is 5.29. The zero-order valence-electron chi connectivity index (χ0n) is 14.7. The first-order chi connectivity index (χ1) is 13.2. The van der Waals surface area contributed by atoms with Crippen LogP contribution < -0.4 is 0 Å². The first kappa shape index (κ1) is 17.8. The van der Waals surface area contributed by atoms with Crippen molar-refractivity contribution in [2.75, 3.05) is 26.3 Å². The molecule has 1 saturated heterocycles. The second-order valence-corrected chi connectivity index (χ2v) is 7.01. The summed E-state index contributed by atoms with van der Waals surface area (Å²) in [6.45, 7) is 2.52. The number of hydrogen-bond donors (Lipinski definition) is 1. The third-order valence-corrected chi connectivity index (χ3v) is 5.23. The predicted molar refractivity (Wildman–Crippen MR) is 105 cm³/mol. The number of benzene rings is 2. The lowest BCUT2D eigenvalue weighted by atomic mass is 10.0. The van der Waals surface area contributed by atoms with Crippen LogP contribution in [0.15, 0.2) is 42.6 Å². The molecule has 2 aromatic carbocycles. The molecule has 5 nitrogen and oxygen atoms in total. The van der Waals surface area contributed by atoms with Crippen LogP contribution in [0.1, 0.15) is 15.9 Å². The van der Waals surface area contributed by atoms with E-state index < -0.39 is 0 Å². The lowest BCUT2D eigenvalue weighted by molar-refractivity contribution is -0.134. The van der Waals surface area contributed by atoms with Crippen molar-refractivity contribution in [3.63, 3.8) is 0 Å². The fraction of sp³-hybridized carbons (Fsp3) is 0.238. The molecule has 138 valence electrons. The fourth-order valence-electron chi connectivity index (χ4n) is 3.38. The van der Waals surface area contributed by atoms with E-state index >= 15 is 0 Å². The molecule has 0 atom stereocenters. The largest absolute Gasteiger partial charge is 0.378 e. The van der Waals surface area contributed by atoms with Crippen LogP contribution in [0.2, 0.25) is 5.02 Å². The van der Waals surface area contributed by atoms with Crippen LogP contribution in [0.5, 0.6) is 0 Å². The molecule has 6 heteroatoms. The molecule has 1 fully saturated rings. The van der Waals surface area contributed by atoms with Gasteiger partial charge in [-0.3, -0.25) is 9.59 Å². The molecule has 0 radical (unpaired) electrons. The zero-order chi connectivity index (χ0) is 18.8. The van der Waals surface area contributed by atoms with Crippen molar-refractivity contribution in [3.05, 3.63) is 58.7 Å². The van der Waals surface area contributed by atoms with Gasteiger partial charge in [0.1, 0.15) is 0 Å². The quantitative estimate of drug-likeness (QED) is 0.700. The molecule has 1 N–H and O–H groups in total. The number of rotatable bonds is 4. The number of halogens is 1. The Balaban J connectivity index is 1.56. The highest BCUT2D eigenvalue weighted by molar-refractivity contribution is 6.34. The fourth-order valence-corrected chi connectivity index (χ4v) is 3.66. The van der Waals surface area contributed by atoms with Gasteiger partial charge in [-0.15, -0.1) is 0 Å². The van der Waals surface area contributed by atoms with Crippen molar-refractivity contribution in [2.24, 2.45) is 0 Å². The molecule has 1 aliphatic heterocycles. The van der Waals surface area contributed by atoms with E-state index in [-0.39, 0.29) is 5.91 Å². The lowest BCUT2D eigenvalue weighted by Crippen LogP contribution is -2.41. The first-order valence-electron chi connectivity index (χ1n) is 8.86. The molecule has 0 spiro atoms. The molecule has 27 heavy (non-hydrogen) atoms. The number of nitrogens with one attached hydrogen (secondary N) is 1. The topological polar surface area (TPSA) is 62.4 Å². The van der Waals surface area contributed by atoms with Crippen LogP contribution >= 0.6 is 11.6 Å². The molecule has 1 aromatic heterocycles. The van der Waals surface area contributed by atoms with Gasteiger partial charge in [-0.25, -0.2) is 0 Å². The van der Waals surface area contributed by atoms with Crippen LogP contribution in [-0.2, 0) is 16.0 Å². The summed E-state index contributed by atoms with van der Waals surface area (Å²) in [5.41, 5.74) is 4.21. The Morgan fingerprint density at radius 2 is 1.93 bits per heavy atom. The normalized spacial score (nSPS) is 14.5. The van der Waals surface area contributed by atoms with E-state index in [1.165, 1.54) is 0 Å². The number of aromatic amines is 1. The van der Waals surface area contributed by atoms with Crippen molar-refractivity contribution in [1.29, 1.82) is 0 Å². The van der Waals surface area contributed by atoms with Gasteiger partial charge >= 0.3 is 0 Å². The van der Waals surface area contributed by atoms with Crippen molar-refractivity contribution >= 4 is 34.7 Å². The second kappa shape index (κ2) is 7.55. The van der Waals surface area contributed by atoms with E-state index in [9.17, 15) is 9.59 Å². The SMILES string of the molecule is O=Cc1c[nH]c2cc(Cl)c(-c3ccc(CC(=O)N4CCOCC4)cc3)cc12. The van der Waals surface area contributed by atoms with E-state index in [0.29, 0.717) is 43.3 Å². The molecule has 2 heterocycles. The molecule has 0 unspecified atom stereocenters. The number of carbonyl (C=O) groups excluding carboxylic acids is 2. The van der Waals surface area contributed by atoms with Crippen molar-refractivity contribution in [3.8, 4) is 11.1 Å². The minimum absolute atomic E-state index is 0.119. The minimum Gasteiger partial charge on any atom is -0.378 e. The maximum absolute atomic E-state index is 12.4. The van der Waals surface area contributed by atoms with Gasteiger partial charge in [0.15, 0.2) is 6.29 Å². The average molecular weight is 383 g/mol. The Morgan fingerprint density at radius 1 is 1.19 bits per heavy atom. The summed E-state index contributed by atoms with van der Waals surface area (Å²) in [5, 5.41) is 1.45.